The van der Waals surface area contributed by atoms with Crippen LogP contribution < -0.4 is 0 Å². The van der Waals surface area contributed by atoms with Gasteiger partial charge in [0.1, 0.15) is 11.9 Å². The summed E-state index contributed by atoms with van der Waals surface area (Å²) >= 11 is 3.07. The van der Waals surface area contributed by atoms with E-state index in [1.807, 2.05) is 0 Å². The number of rotatable bonds is 4. The van der Waals surface area contributed by atoms with E-state index in [4.69, 9.17) is 5.53 Å². The van der Waals surface area contributed by atoms with E-state index in [2.05, 4.69) is 26.0 Å². The molecule has 2 atom stereocenters. The molecule has 1 aromatic rings. The lowest BCUT2D eigenvalue weighted by Crippen LogP contribution is -2.22. The number of benzene rings is 1. The van der Waals surface area contributed by atoms with Gasteiger partial charge in [-0.05, 0) is 17.7 Å². The van der Waals surface area contributed by atoms with Gasteiger partial charge in [-0.15, -0.1) is 0 Å². The molecule has 0 fully saturated rings. The maximum Gasteiger partial charge on any atom is 0.130 e. The summed E-state index contributed by atoms with van der Waals surface area (Å²) in [5.74, 6) is -0.637. The van der Waals surface area contributed by atoms with Gasteiger partial charge in [-0.25, -0.2) is 4.39 Å². The fraction of sp³-hybridized carbons (Fsp3) is 0.333. The highest BCUT2D eigenvalue weighted by molar-refractivity contribution is 9.10. The molecule has 0 saturated heterocycles. The third-order valence-corrected chi connectivity index (χ3v) is 2.47. The van der Waals surface area contributed by atoms with Gasteiger partial charge in [-0.1, -0.05) is 27.1 Å². The molecule has 0 radical (unpaired) electrons. The average Bonchev–Trinajstić information content (AvgIpc) is 2.25. The van der Waals surface area contributed by atoms with Crippen LogP contribution in [0.5, 0.6) is 0 Å². The molecule has 0 aromatic heterocycles. The van der Waals surface area contributed by atoms with Crippen molar-refractivity contribution >= 4 is 15.9 Å². The third-order valence-electron chi connectivity index (χ3n) is 1.98. The number of hydrogen-bond acceptors (Lipinski definition) is 3. The van der Waals surface area contributed by atoms with Crippen molar-refractivity contribution in [3.05, 3.63) is 44.5 Å². The fourth-order valence-corrected chi connectivity index (χ4v) is 1.50. The van der Waals surface area contributed by atoms with Crippen LogP contribution in [0.15, 0.2) is 27.8 Å². The molecule has 2 N–H and O–H groups in total. The van der Waals surface area contributed by atoms with Crippen LogP contribution in [-0.4, -0.2) is 22.9 Å². The van der Waals surface area contributed by atoms with Gasteiger partial charge < -0.3 is 10.2 Å². The van der Waals surface area contributed by atoms with Crippen molar-refractivity contribution in [1.82, 2.24) is 0 Å². The zero-order valence-electron chi connectivity index (χ0n) is 8.09. The van der Waals surface area contributed by atoms with E-state index >= 15 is 0 Å². The molecule has 0 aliphatic heterocycles. The van der Waals surface area contributed by atoms with Crippen molar-refractivity contribution in [2.45, 2.75) is 12.2 Å². The van der Waals surface area contributed by atoms with E-state index in [1.165, 1.54) is 12.1 Å². The number of aliphatic hydroxyl groups is 2. The molecular formula is C9H9BrFN3O2. The van der Waals surface area contributed by atoms with Crippen molar-refractivity contribution in [3.8, 4) is 0 Å². The Kier molecular flexibility index (Phi) is 4.70. The Labute approximate surface area is 99.3 Å². The average molecular weight is 290 g/mol. The standard InChI is InChI=1S/C9H9BrFN3O2/c10-5-1-2-6(7(11)3-5)9(16)8(15)4-13-14-12/h1-3,8-9,15-16H,4H2. The molecule has 5 nitrogen and oxygen atoms in total. The molecule has 1 aromatic carbocycles. The molecule has 0 saturated carbocycles. The Bertz CT molecular complexity index is 423. The van der Waals surface area contributed by atoms with E-state index in [1.54, 1.807) is 6.07 Å². The van der Waals surface area contributed by atoms with Gasteiger partial charge in [-0.3, -0.25) is 0 Å². The van der Waals surface area contributed by atoms with Crippen LogP contribution in [0.4, 0.5) is 4.39 Å². The van der Waals surface area contributed by atoms with Crippen LogP contribution in [0.3, 0.4) is 0 Å². The molecule has 0 aliphatic carbocycles. The molecule has 0 amide bonds. The zero-order valence-corrected chi connectivity index (χ0v) is 9.67. The largest absolute Gasteiger partial charge is 0.390 e. The second kappa shape index (κ2) is 5.81. The van der Waals surface area contributed by atoms with E-state index in [-0.39, 0.29) is 12.1 Å². The van der Waals surface area contributed by atoms with Crippen molar-refractivity contribution in [2.75, 3.05) is 6.54 Å². The van der Waals surface area contributed by atoms with Crippen molar-refractivity contribution in [1.29, 1.82) is 0 Å². The molecule has 0 bridgehead atoms. The maximum atomic E-state index is 13.4. The van der Waals surface area contributed by atoms with E-state index < -0.39 is 18.0 Å². The maximum absolute atomic E-state index is 13.4. The predicted octanol–water partition coefficient (Wildman–Crippen LogP) is 2.29. The Balaban J connectivity index is 2.86. The number of hydrogen-bond donors (Lipinski definition) is 2. The van der Waals surface area contributed by atoms with Crippen LogP contribution in [0, 0.1) is 5.82 Å². The Morgan fingerprint density at radius 1 is 1.50 bits per heavy atom. The van der Waals surface area contributed by atoms with Crippen LogP contribution in [0.1, 0.15) is 11.7 Å². The highest BCUT2D eigenvalue weighted by Crippen LogP contribution is 2.23. The Hall–Kier alpha value is -1.14. The summed E-state index contributed by atoms with van der Waals surface area (Å²) in [6, 6.07) is 4.07. The molecule has 86 valence electrons. The lowest BCUT2D eigenvalue weighted by atomic mass is 10.0. The fourth-order valence-electron chi connectivity index (χ4n) is 1.17. The minimum Gasteiger partial charge on any atom is -0.390 e. The zero-order chi connectivity index (χ0) is 12.1. The summed E-state index contributed by atoms with van der Waals surface area (Å²) in [7, 11) is 0. The second-order valence-electron chi connectivity index (χ2n) is 3.09. The third kappa shape index (κ3) is 3.18. The van der Waals surface area contributed by atoms with Crippen LogP contribution >= 0.6 is 15.9 Å². The Morgan fingerprint density at radius 3 is 2.75 bits per heavy atom. The summed E-state index contributed by atoms with van der Waals surface area (Å²) in [5.41, 5.74) is 8.01. The van der Waals surface area contributed by atoms with Gasteiger partial charge in [0.2, 0.25) is 0 Å². The minimum atomic E-state index is -1.42. The van der Waals surface area contributed by atoms with Gasteiger partial charge in [0.15, 0.2) is 0 Å². The van der Waals surface area contributed by atoms with Gasteiger partial charge in [0.25, 0.3) is 0 Å². The highest BCUT2D eigenvalue weighted by atomic mass is 79.9. The first-order valence-corrected chi connectivity index (χ1v) is 5.17. The van der Waals surface area contributed by atoms with Crippen LogP contribution in [0.2, 0.25) is 0 Å². The molecule has 0 aliphatic rings. The minimum absolute atomic E-state index is 0.0381. The molecule has 0 heterocycles. The van der Waals surface area contributed by atoms with Crippen molar-refractivity contribution < 1.29 is 14.6 Å². The number of halogens is 2. The van der Waals surface area contributed by atoms with Crippen LogP contribution in [-0.2, 0) is 0 Å². The summed E-state index contributed by atoms with van der Waals surface area (Å²) in [5, 5.41) is 22.1. The lowest BCUT2D eigenvalue weighted by molar-refractivity contribution is 0.0222. The van der Waals surface area contributed by atoms with Gasteiger partial charge in [0.05, 0.1) is 12.6 Å². The summed E-state index contributed by atoms with van der Waals surface area (Å²) in [6.07, 6.45) is -2.75. The Morgan fingerprint density at radius 2 is 2.19 bits per heavy atom. The van der Waals surface area contributed by atoms with Gasteiger partial charge >= 0.3 is 0 Å². The highest BCUT2D eigenvalue weighted by Gasteiger charge is 2.20. The van der Waals surface area contributed by atoms with Crippen molar-refractivity contribution in [2.24, 2.45) is 5.11 Å². The second-order valence-corrected chi connectivity index (χ2v) is 4.01. The molecule has 7 heteroatoms. The summed E-state index contributed by atoms with van der Waals surface area (Å²) in [4.78, 5) is 2.44. The van der Waals surface area contributed by atoms with E-state index in [0.29, 0.717) is 4.47 Å². The monoisotopic (exact) mass is 289 g/mol. The van der Waals surface area contributed by atoms with E-state index in [0.717, 1.165) is 0 Å². The predicted molar refractivity (Wildman–Crippen MR) is 59.1 cm³/mol. The first kappa shape index (κ1) is 12.9. The molecule has 0 spiro atoms. The summed E-state index contributed by atoms with van der Waals surface area (Å²) < 4.78 is 13.9. The summed E-state index contributed by atoms with van der Waals surface area (Å²) in [6.45, 7) is -0.312. The molecular weight excluding hydrogens is 281 g/mol. The number of azide groups is 1. The number of aliphatic hydroxyl groups excluding tert-OH is 2. The molecule has 16 heavy (non-hydrogen) atoms. The smallest absolute Gasteiger partial charge is 0.130 e. The van der Waals surface area contributed by atoms with Gasteiger partial charge in [0, 0.05) is 14.9 Å². The quantitative estimate of drug-likeness (QED) is 0.506. The van der Waals surface area contributed by atoms with Crippen LogP contribution in [0.25, 0.3) is 10.4 Å². The molecule has 1 rings (SSSR count). The van der Waals surface area contributed by atoms with E-state index in [9.17, 15) is 14.6 Å². The normalized spacial score (nSPS) is 14.0. The lowest BCUT2D eigenvalue weighted by Gasteiger charge is -2.16. The van der Waals surface area contributed by atoms with Gasteiger partial charge in [-0.2, -0.15) is 0 Å². The SMILES string of the molecule is [N-]=[N+]=NCC(O)C(O)c1ccc(Br)cc1F. The number of nitrogens with zero attached hydrogens (tertiary/aromatic N) is 3. The van der Waals surface area contributed by atoms with Crippen molar-refractivity contribution in [3.63, 3.8) is 0 Å². The molecule has 2 unspecified atom stereocenters. The topological polar surface area (TPSA) is 89.2 Å². The first-order chi connectivity index (χ1) is 7.56. The first-order valence-electron chi connectivity index (χ1n) is 4.38.